The Morgan fingerprint density at radius 3 is 2.53 bits per heavy atom. The summed E-state index contributed by atoms with van der Waals surface area (Å²) in [6.45, 7) is 8.18. The molecule has 4 nitrogen and oxygen atoms in total. The topological polar surface area (TPSA) is 58.7 Å². The van der Waals surface area contributed by atoms with E-state index in [9.17, 15) is 4.79 Å². The molecule has 1 heterocycles. The molecule has 4 heteroatoms. The summed E-state index contributed by atoms with van der Waals surface area (Å²) in [5.41, 5.74) is 0.482. The molecule has 1 rings (SSSR count). The first-order valence-electron chi connectivity index (χ1n) is 4.92. The Bertz CT molecular complexity index is 460. The van der Waals surface area contributed by atoms with Gasteiger partial charge in [-0.1, -0.05) is 20.8 Å². The van der Waals surface area contributed by atoms with Crippen molar-refractivity contribution in [1.82, 2.24) is 9.55 Å². The summed E-state index contributed by atoms with van der Waals surface area (Å²) < 4.78 is 1.37. The maximum atomic E-state index is 11.6. The molecule has 0 aromatic carbocycles. The molecule has 0 fully saturated rings. The largest absolute Gasteiger partial charge is 0.348 e. The minimum Gasteiger partial charge on any atom is -0.283 e. The summed E-state index contributed by atoms with van der Waals surface area (Å²) in [5.74, 6) is 0. The van der Waals surface area contributed by atoms with Gasteiger partial charge in [0.2, 0.25) is 0 Å². The number of hydrogen-bond donors (Lipinski definition) is 0. The molecular formula is C11H15N3O. The molecule has 0 saturated carbocycles. The minimum absolute atomic E-state index is 0.211. The number of hydrogen-bond acceptors (Lipinski definition) is 3. The van der Waals surface area contributed by atoms with E-state index in [2.05, 4.69) is 4.98 Å². The van der Waals surface area contributed by atoms with Crippen molar-refractivity contribution in [2.75, 3.05) is 0 Å². The zero-order valence-corrected chi connectivity index (χ0v) is 9.53. The highest BCUT2D eigenvalue weighted by molar-refractivity contribution is 5.26. The Hall–Kier alpha value is -1.63. The zero-order chi connectivity index (χ0) is 11.6. The van der Waals surface area contributed by atoms with E-state index >= 15 is 0 Å². The van der Waals surface area contributed by atoms with Gasteiger partial charge in [0.05, 0.1) is 5.69 Å². The lowest BCUT2D eigenvalue weighted by atomic mass is 9.91. The molecule has 0 N–H and O–H groups in total. The monoisotopic (exact) mass is 205 g/mol. The second-order valence-electron chi connectivity index (χ2n) is 4.42. The van der Waals surface area contributed by atoms with Gasteiger partial charge in [-0.2, -0.15) is 10.2 Å². The van der Waals surface area contributed by atoms with Crippen LogP contribution in [0.5, 0.6) is 0 Å². The van der Waals surface area contributed by atoms with Crippen molar-refractivity contribution in [3.8, 4) is 6.07 Å². The van der Waals surface area contributed by atoms with Crippen molar-refractivity contribution >= 4 is 0 Å². The fraction of sp³-hybridized carbons (Fsp3) is 0.545. The van der Waals surface area contributed by atoms with Crippen LogP contribution < -0.4 is 5.69 Å². The number of nitriles is 1. The van der Waals surface area contributed by atoms with Crippen LogP contribution in [0.4, 0.5) is 0 Å². The van der Waals surface area contributed by atoms with Gasteiger partial charge >= 0.3 is 5.69 Å². The van der Waals surface area contributed by atoms with E-state index in [1.54, 1.807) is 6.07 Å². The normalized spacial score (nSPS) is 11.1. The Kier molecular flexibility index (Phi) is 2.94. The third kappa shape index (κ3) is 2.24. The Balaban J connectivity index is 3.48. The molecule has 80 valence electrons. The molecule has 0 aliphatic rings. The smallest absolute Gasteiger partial charge is 0.283 e. The maximum absolute atomic E-state index is 11.6. The summed E-state index contributed by atoms with van der Waals surface area (Å²) >= 11 is 0. The summed E-state index contributed by atoms with van der Waals surface area (Å²) in [4.78, 5) is 15.6. The summed E-state index contributed by atoms with van der Waals surface area (Å²) in [7, 11) is 0. The summed E-state index contributed by atoms with van der Waals surface area (Å²) in [6.07, 6.45) is 0. The van der Waals surface area contributed by atoms with E-state index < -0.39 is 0 Å². The van der Waals surface area contributed by atoms with E-state index in [4.69, 9.17) is 5.26 Å². The predicted octanol–water partition coefficient (Wildman–Crippen LogP) is 1.43. The van der Waals surface area contributed by atoms with Crippen molar-refractivity contribution < 1.29 is 0 Å². The van der Waals surface area contributed by atoms with Crippen molar-refractivity contribution in [3.05, 3.63) is 27.9 Å². The molecule has 0 unspecified atom stereocenters. The lowest BCUT2D eigenvalue weighted by Gasteiger charge is -2.18. The highest BCUT2D eigenvalue weighted by atomic mass is 16.1. The number of rotatable bonds is 1. The fourth-order valence-electron chi connectivity index (χ4n) is 1.29. The van der Waals surface area contributed by atoms with Gasteiger partial charge in [0.1, 0.15) is 11.8 Å². The third-order valence-corrected chi connectivity index (χ3v) is 2.21. The number of nitrogens with zero attached hydrogens (tertiary/aromatic N) is 3. The number of aromatic nitrogens is 2. The van der Waals surface area contributed by atoms with Crippen LogP contribution in [0.25, 0.3) is 0 Å². The molecule has 1 aromatic heterocycles. The van der Waals surface area contributed by atoms with Crippen LogP contribution >= 0.6 is 0 Å². The average molecular weight is 205 g/mol. The molecule has 1 aromatic rings. The van der Waals surface area contributed by atoms with Crippen LogP contribution in [-0.4, -0.2) is 9.55 Å². The van der Waals surface area contributed by atoms with Gasteiger partial charge < -0.3 is 0 Å². The highest BCUT2D eigenvalue weighted by Gasteiger charge is 2.18. The second kappa shape index (κ2) is 3.85. The average Bonchev–Trinajstić information content (AvgIpc) is 2.15. The molecule has 0 aliphatic heterocycles. The highest BCUT2D eigenvalue weighted by Crippen LogP contribution is 2.19. The van der Waals surface area contributed by atoms with Crippen molar-refractivity contribution in [2.45, 2.75) is 39.7 Å². The molecule has 0 amide bonds. The molecule has 0 radical (unpaired) electrons. The van der Waals surface area contributed by atoms with E-state index in [-0.39, 0.29) is 11.1 Å². The van der Waals surface area contributed by atoms with Crippen LogP contribution in [0.2, 0.25) is 0 Å². The van der Waals surface area contributed by atoms with Crippen molar-refractivity contribution in [2.24, 2.45) is 0 Å². The zero-order valence-electron chi connectivity index (χ0n) is 9.53. The minimum atomic E-state index is -0.346. The van der Waals surface area contributed by atoms with E-state index in [1.807, 2.05) is 33.8 Å². The predicted molar refractivity (Wildman–Crippen MR) is 57.6 cm³/mol. The van der Waals surface area contributed by atoms with Gasteiger partial charge in [0, 0.05) is 12.0 Å². The molecule has 15 heavy (non-hydrogen) atoms. The second-order valence-corrected chi connectivity index (χ2v) is 4.42. The Morgan fingerprint density at radius 2 is 2.13 bits per heavy atom. The lowest BCUT2D eigenvalue weighted by Crippen LogP contribution is -2.29. The first kappa shape index (κ1) is 11.4. The summed E-state index contributed by atoms with van der Waals surface area (Å²) in [6, 6.07) is 3.71. The van der Waals surface area contributed by atoms with Crippen molar-refractivity contribution in [1.29, 1.82) is 5.26 Å². The van der Waals surface area contributed by atoms with Crippen molar-refractivity contribution in [3.63, 3.8) is 0 Å². The van der Waals surface area contributed by atoms with Gasteiger partial charge in [-0.15, -0.1) is 0 Å². The maximum Gasteiger partial charge on any atom is 0.348 e. The van der Waals surface area contributed by atoms with Crippen LogP contribution in [0, 0.1) is 11.3 Å². The Morgan fingerprint density at radius 1 is 1.53 bits per heavy atom. The lowest BCUT2D eigenvalue weighted by molar-refractivity contribution is 0.550. The first-order valence-corrected chi connectivity index (χ1v) is 4.92. The molecule has 0 atom stereocenters. The SMILES string of the molecule is CCn1c(C#N)cc(C(C)(C)C)nc1=O. The third-order valence-electron chi connectivity index (χ3n) is 2.21. The molecular weight excluding hydrogens is 190 g/mol. The van der Waals surface area contributed by atoms with Gasteiger partial charge in [-0.25, -0.2) is 4.79 Å². The van der Waals surface area contributed by atoms with Crippen LogP contribution in [-0.2, 0) is 12.0 Å². The van der Waals surface area contributed by atoms with Gasteiger partial charge in [0.25, 0.3) is 0 Å². The standard InChI is InChI=1S/C11H15N3O/c1-5-14-8(7-12)6-9(11(2,3)4)13-10(14)15/h6H,5H2,1-4H3. The van der Waals surface area contributed by atoms with Crippen LogP contribution in [0.1, 0.15) is 39.1 Å². The molecule has 0 saturated heterocycles. The Labute approximate surface area is 89.2 Å². The van der Waals surface area contributed by atoms with Gasteiger partial charge in [-0.3, -0.25) is 4.57 Å². The van der Waals surface area contributed by atoms with Gasteiger partial charge in [0.15, 0.2) is 0 Å². The van der Waals surface area contributed by atoms with Gasteiger partial charge in [-0.05, 0) is 13.0 Å². The first-order chi connectivity index (χ1) is 6.90. The molecule has 0 bridgehead atoms. The fourth-order valence-corrected chi connectivity index (χ4v) is 1.29. The summed E-state index contributed by atoms with van der Waals surface area (Å²) in [5, 5.41) is 8.93. The van der Waals surface area contributed by atoms with E-state index in [0.717, 1.165) is 0 Å². The van der Waals surface area contributed by atoms with Crippen LogP contribution in [0.3, 0.4) is 0 Å². The van der Waals surface area contributed by atoms with E-state index in [0.29, 0.717) is 17.9 Å². The molecule has 0 spiro atoms. The quantitative estimate of drug-likeness (QED) is 0.696. The van der Waals surface area contributed by atoms with Crippen LogP contribution in [0.15, 0.2) is 10.9 Å². The molecule has 0 aliphatic carbocycles. The van der Waals surface area contributed by atoms with E-state index in [1.165, 1.54) is 4.57 Å².